The molecule has 1 aliphatic carbocycles. The largest absolute Gasteiger partial charge is 0.335 e. The Morgan fingerprint density at radius 3 is 2.76 bits per heavy atom. The smallest absolute Gasteiger partial charge is 0.110 e. The summed E-state index contributed by atoms with van der Waals surface area (Å²) >= 11 is 0. The zero-order valence-corrected chi connectivity index (χ0v) is 14.0. The highest BCUT2D eigenvalue weighted by atomic mass is 15.1. The molecule has 0 spiro atoms. The Balaban J connectivity index is 1.92. The van der Waals surface area contributed by atoms with Gasteiger partial charge < -0.3 is 9.88 Å². The maximum Gasteiger partial charge on any atom is 0.110 e. The summed E-state index contributed by atoms with van der Waals surface area (Å²) in [7, 11) is 0. The van der Waals surface area contributed by atoms with Crippen LogP contribution >= 0.6 is 0 Å². The summed E-state index contributed by atoms with van der Waals surface area (Å²) in [5.74, 6) is 2.20. The molecule has 0 radical (unpaired) electrons. The van der Waals surface area contributed by atoms with E-state index in [0.717, 1.165) is 25.4 Å². The van der Waals surface area contributed by atoms with Gasteiger partial charge in [-0.25, -0.2) is 4.98 Å². The number of nitrogens with zero attached hydrogens (tertiary/aromatic N) is 2. The van der Waals surface area contributed by atoms with E-state index in [4.69, 9.17) is 0 Å². The van der Waals surface area contributed by atoms with Crippen LogP contribution in [0.3, 0.4) is 0 Å². The molecule has 1 fully saturated rings. The third-order valence-corrected chi connectivity index (χ3v) is 4.72. The van der Waals surface area contributed by atoms with Gasteiger partial charge in [0, 0.05) is 31.4 Å². The van der Waals surface area contributed by atoms with E-state index in [0.29, 0.717) is 6.04 Å². The second kappa shape index (κ2) is 9.24. The van der Waals surface area contributed by atoms with E-state index in [2.05, 4.69) is 34.9 Å². The van der Waals surface area contributed by atoms with E-state index >= 15 is 0 Å². The van der Waals surface area contributed by atoms with Crippen molar-refractivity contribution in [3.8, 4) is 0 Å². The SMILES string of the molecule is CCCNC(Cc1nccn1CCC)CC1CCCCC1. The van der Waals surface area contributed by atoms with Gasteiger partial charge in [0.2, 0.25) is 0 Å². The van der Waals surface area contributed by atoms with E-state index < -0.39 is 0 Å². The number of aryl methyl sites for hydroxylation is 1. The molecule has 1 heterocycles. The molecule has 1 unspecified atom stereocenters. The first-order chi connectivity index (χ1) is 10.3. The number of nitrogens with one attached hydrogen (secondary N) is 1. The Bertz CT molecular complexity index is 380. The van der Waals surface area contributed by atoms with Crippen LogP contribution in [0.2, 0.25) is 0 Å². The predicted octanol–water partition coefficient (Wildman–Crippen LogP) is 4.17. The van der Waals surface area contributed by atoms with Gasteiger partial charge in [-0.05, 0) is 31.7 Å². The lowest BCUT2D eigenvalue weighted by atomic mass is 9.84. The number of rotatable bonds is 9. The number of hydrogen-bond acceptors (Lipinski definition) is 2. The lowest BCUT2D eigenvalue weighted by Gasteiger charge is -2.27. The summed E-state index contributed by atoms with van der Waals surface area (Å²) < 4.78 is 2.33. The molecule has 0 aliphatic heterocycles. The molecule has 1 atom stereocenters. The first kappa shape index (κ1) is 16.5. The third-order valence-electron chi connectivity index (χ3n) is 4.72. The summed E-state index contributed by atoms with van der Waals surface area (Å²) in [5, 5.41) is 3.77. The standard InChI is InChI=1S/C18H33N3/c1-3-10-19-17(14-16-8-6-5-7-9-16)15-18-20-11-13-21(18)12-4-2/h11,13,16-17,19H,3-10,12,14-15H2,1-2H3. The van der Waals surface area contributed by atoms with Gasteiger partial charge in [0.25, 0.3) is 0 Å². The molecule has 3 nitrogen and oxygen atoms in total. The van der Waals surface area contributed by atoms with Crippen molar-refractivity contribution in [1.29, 1.82) is 0 Å². The second-order valence-corrected chi connectivity index (χ2v) is 6.63. The fourth-order valence-corrected chi connectivity index (χ4v) is 3.61. The van der Waals surface area contributed by atoms with Gasteiger partial charge in [-0.2, -0.15) is 0 Å². The maximum absolute atomic E-state index is 4.60. The van der Waals surface area contributed by atoms with Gasteiger partial charge in [0.05, 0.1) is 0 Å². The van der Waals surface area contributed by atoms with Crippen molar-refractivity contribution >= 4 is 0 Å². The molecule has 0 aromatic carbocycles. The highest BCUT2D eigenvalue weighted by molar-refractivity contribution is 4.96. The monoisotopic (exact) mass is 291 g/mol. The average molecular weight is 291 g/mol. The van der Waals surface area contributed by atoms with Crippen LogP contribution in [0.5, 0.6) is 0 Å². The molecule has 1 aromatic heterocycles. The van der Waals surface area contributed by atoms with Crippen LogP contribution in [0.25, 0.3) is 0 Å². The highest BCUT2D eigenvalue weighted by Gasteiger charge is 2.20. The van der Waals surface area contributed by atoms with E-state index in [1.165, 1.54) is 57.2 Å². The third kappa shape index (κ3) is 5.46. The van der Waals surface area contributed by atoms with Gasteiger partial charge >= 0.3 is 0 Å². The fourth-order valence-electron chi connectivity index (χ4n) is 3.61. The number of aromatic nitrogens is 2. The van der Waals surface area contributed by atoms with E-state index in [-0.39, 0.29) is 0 Å². The van der Waals surface area contributed by atoms with Gasteiger partial charge in [0.15, 0.2) is 0 Å². The maximum atomic E-state index is 4.60. The molecule has 120 valence electrons. The van der Waals surface area contributed by atoms with Crippen molar-refractivity contribution in [2.24, 2.45) is 5.92 Å². The van der Waals surface area contributed by atoms with Crippen LogP contribution in [0.15, 0.2) is 12.4 Å². The zero-order valence-electron chi connectivity index (χ0n) is 14.0. The first-order valence-electron chi connectivity index (χ1n) is 9.06. The van der Waals surface area contributed by atoms with E-state index in [1.54, 1.807) is 0 Å². The van der Waals surface area contributed by atoms with Crippen molar-refractivity contribution < 1.29 is 0 Å². The molecule has 0 saturated heterocycles. The Morgan fingerprint density at radius 2 is 2.05 bits per heavy atom. The van der Waals surface area contributed by atoms with Gasteiger partial charge in [-0.3, -0.25) is 0 Å². The van der Waals surface area contributed by atoms with Crippen molar-refractivity contribution in [2.45, 2.75) is 84.2 Å². The van der Waals surface area contributed by atoms with Crippen LogP contribution in [0, 0.1) is 5.92 Å². The molecule has 2 rings (SSSR count). The predicted molar refractivity (Wildman–Crippen MR) is 89.5 cm³/mol. The molecule has 1 aromatic rings. The van der Waals surface area contributed by atoms with E-state index in [9.17, 15) is 0 Å². The highest BCUT2D eigenvalue weighted by Crippen LogP contribution is 2.28. The molecule has 1 saturated carbocycles. The van der Waals surface area contributed by atoms with Gasteiger partial charge in [0.1, 0.15) is 5.82 Å². The Labute approximate surface area is 130 Å². The van der Waals surface area contributed by atoms with Gasteiger partial charge in [-0.1, -0.05) is 46.0 Å². The summed E-state index contributed by atoms with van der Waals surface area (Å²) in [6.45, 7) is 6.71. The van der Waals surface area contributed by atoms with Crippen LogP contribution in [0.4, 0.5) is 0 Å². The summed E-state index contributed by atoms with van der Waals surface area (Å²) in [6.07, 6.45) is 16.1. The van der Waals surface area contributed by atoms with Crippen molar-refractivity contribution in [2.75, 3.05) is 6.54 Å². The Morgan fingerprint density at radius 1 is 1.24 bits per heavy atom. The van der Waals surface area contributed by atoms with Crippen molar-refractivity contribution in [3.63, 3.8) is 0 Å². The topological polar surface area (TPSA) is 29.9 Å². The lowest BCUT2D eigenvalue weighted by Crippen LogP contribution is -2.35. The minimum atomic E-state index is 0.603. The first-order valence-corrected chi connectivity index (χ1v) is 9.06. The molecule has 3 heteroatoms. The second-order valence-electron chi connectivity index (χ2n) is 6.63. The van der Waals surface area contributed by atoms with Crippen molar-refractivity contribution in [3.05, 3.63) is 18.2 Å². The summed E-state index contributed by atoms with van der Waals surface area (Å²) in [6, 6.07) is 0.603. The minimum Gasteiger partial charge on any atom is -0.335 e. The molecule has 1 aliphatic rings. The Kier molecular flexibility index (Phi) is 7.28. The summed E-state index contributed by atoms with van der Waals surface area (Å²) in [5.41, 5.74) is 0. The molecule has 21 heavy (non-hydrogen) atoms. The summed E-state index contributed by atoms with van der Waals surface area (Å²) in [4.78, 5) is 4.60. The number of imidazole rings is 1. The normalized spacial score (nSPS) is 18.0. The van der Waals surface area contributed by atoms with Crippen LogP contribution < -0.4 is 5.32 Å². The van der Waals surface area contributed by atoms with Crippen LogP contribution in [-0.4, -0.2) is 22.1 Å². The average Bonchev–Trinajstić information content (AvgIpc) is 2.93. The minimum absolute atomic E-state index is 0.603. The zero-order chi connectivity index (χ0) is 14.9. The molecule has 0 bridgehead atoms. The van der Waals surface area contributed by atoms with Crippen LogP contribution in [0.1, 0.15) is 71.0 Å². The van der Waals surface area contributed by atoms with E-state index in [1.807, 2.05) is 6.20 Å². The lowest BCUT2D eigenvalue weighted by molar-refractivity contribution is 0.294. The fraction of sp³-hybridized carbons (Fsp3) is 0.833. The molecule has 0 amide bonds. The molecular formula is C18H33N3. The molecule has 1 N–H and O–H groups in total. The van der Waals surface area contributed by atoms with Crippen molar-refractivity contribution in [1.82, 2.24) is 14.9 Å². The van der Waals surface area contributed by atoms with Gasteiger partial charge in [-0.15, -0.1) is 0 Å². The van der Waals surface area contributed by atoms with Crippen LogP contribution in [-0.2, 0) is 13.0 Å². The number of hydrogen-bond donors (Lipinski definition) is 1. The quantitative estimate of drug-likeness (QED) is 0.740. The molecular weight excluding hydrogens is 258 g/mol. The Hall–Kier alpha value is -0.830.